The van der Waals surface area contributed by atoms with Crippen LogP contribution in [0, 0.1) is 0 Å². The second-order valence-corrected chi connectivity index (χ2v) is 3.76. The van der Waals surface area contributed by atoms with Crippen LogP contribution in [-0.2, 0) is 11.1 Å². The van der Waals surface area contributed by atoms with Crippen molar-refractivity contribution in [2.45, 2.75) is 17.6 Å². The fraction of sp³-hybridized carbons (Fsp3) is 1.00. The van der Waals surface area contributed by atoms with Crippen LogP contribution in [0.3, 0.4) is 0 Å². The minimum absolute atomic E-state index is 0.432. The van der Waals surface area contributed by atoms with Crippen LogP contribution in [0.2, 0.25) is 0 Å². The first-order valence-corrected chi connectivity index (χ1v) is 4.57. The van der Waals surface area contributed by atoms with Crippen LogP contribution in [0.15, 0.2) is 0 Å². The Kier molecular flexibility index (Phi) is 5.89. The maximum atomic E-state index is 10.0. The molecule has 0 fully saturated rings. The number of hydrogen-bond donors (Lipinski definition) is 0. The Morgan fingerprint density at radius 1 is 1.67 bits per heavy atom. The zero-order valence-corrected chi connectivity index (χ0v) is 7.01. The van der Waals surface area contributed by atoms with Crippen molar-refractivity contribution < 1.29 is 8.76 Å². The Morgan fingerprint density at radius 3 is 2.56 bits per heavy atom. The molecule has 2 nitrogen and oxygen atoms in total. The van der Waals surface area contributed by atoms with Crippen molar-refractivity contribution in [2.75, 3.05) is 5.88 Å². The molecule has 0 amide bonds. The summed E-state index contributed by atoms with van der Waals surface area (Å²) in [5.41, 5.74) is 0. The summed E-state index contributed by atoms with van der Waals surface area (Å²) in [5, 5.41) is 0. The maximum absolute atomic E-state index is 10.0. The number of rotatable bonds is 4. The van der Waals surface area contributed by atoms with E-state index in [1.165, 1.54) is 0 Å². The van der Waals surface area contributed by atoms with Gasteiger partial charge in [0, 0.05) is 5.88 Å². The van der Waals surface area contributed by atoms with E-state index in [-0.39, 0.29) is 0 Å². The molecule has 56 valence electrons. The summed E-state index contributed by atoms with van der Waals surface area (Å²) in [7, 11) is 0. The Balaban J connectivity index is 3.27. The number of hydrogen-bond acceptors (Lipinski definition) is 2. The van der Waals surface area contributed by atoms with Gasteiger partial charge in [-0.15, -0.1) is 23.2 Å². The maximum Gasteiger partial charge on any atom is 0.0956 e. The van der Waals surface area contributed by atoms with Crippen molar-refractivity contribution in [1.82, 2.24) is 0 Å². The van der Waals surface area contributed by atoms with Gasteiger partial charge in [-0.2, -0.15) is 0 Å². The fourth-order valence-corrected chi connectivity index (χ4v) is 1.00. The van der Waals surface area contributed by atoms with E-state index in [0.717, 1.165) is 0 Å². The van der Waals surface area contributed by atoms with Gasteiger partial charge in [-0.25, -0.2) is 0 Å². The van der Waals surface area contributed by atoms with Crippen LogP contribution in [0.5, 0.6) is 0 Å². The zero-order chi connectivity index (χ0) is 7.28. The predicted molar refractivity (Wildman–Crippen MR) is 38.5 cm³/mol. The van der Waals surface area contributed by atoms with Crippen LogP contribution in [0.25, 0.3) is 0 Å². The van der Waals surface area contributed by atoms with E-state index in [2.05, 4.69) is 0 Å². The first-order valence-electron chi connectivity index (χ1n) is 2.46. The first kappa shape index (κ1) is 9.69. The van der Waals surface area contributed by atoms with Gasteiger partial charge in [0.2, 0.25) is 0 Å². The normalized spacial score (nSPS) is 17.2. The minimum atomic E-state index is -2.16. The van der Waals surface area contributed by atoms with Gasteiger partial charge >= 0.3 is 0 Å². The number of halogens is 2. The second kappa shape index (κ2) is 5.47. The van der Waals surface area contributed by atoms with Gasteiger partial charge < -0.3 is 4.55 Å². The van der Waals surface area contributed by atoms with E-state index in [1.807, 2.05) is 0 Å². The Morgan fingerprint density at radius 2 is 2.22 bits per heavy atom. The van der Waals surface area contributed by atoms with Crippen molar-refractivity contribution >= 4 is 34.3 Å². The van der Waals surface area contributed by atoms with E-state index in [1.54, 1.807) is 0 Å². The van der Waals surface area contributed by atoms with Gasteiger partial charge in [0.15, 0.2) is 0 Å². The molecule has 0 N–H and O–H groups in total. The smallest absolute Gasteiger partial charge is 0.0956 e. The lowest BCUT2D eigenvalue weighted by atomic mass is 10.4. The minimum Gasteiger partial charge on any atom is -0.771 e. The van der Waals surface area contributed by atoms with Gasteiger partial charge in [0.1, 0.15) is 0 Å². The van der Waals surface area contributed by atoms with Crippen molar-refractivity contribution in [3.8, 4) is 0 Å². The molecule has 0 saturated carbocycles. The molecule has 9 heavy (non-hydrogen) atoms. The fourth-order valence-electron chi connectivity index (χ4n) is 0.334. The number of alkyl halides is 2. The van der Waals surface area contributed by atoms with Crippen molar-refractivity contribution in [3.05, 3.63) is 0 Å². The third kappa shape index (κ3) is 5.15. The Labute approximate surface area is 66.8 Å². The van der Waals surface area contributed by atoms with Gasteiger partial charge in [-0.05, 0) is 23.9 Å². The molecule has 0 radical (unpaired) electrons. The summed E-state index contributed by atoms with van der Waals surface area (Å²) >= 11 is 8.46. The molecule has 0 saturated heterocycles. The lowest BCUT2D eigenvalue weighted by Crippen LogP contribution is -2.06. The molecule has 2 atom stereocenters. The first-order chi connectivity index (χ1) is 4.18. The predicted octanol–water partition coefficient (Wildman–Crippen LogP) is 1.45. The molecule has 5 heteroatoms. The highest BCUT2D eigenvalue weighted by molar-refractivity contribution is 7.81. The van der Waals surface area contributed by atoms with E-state index in [0.29, 0.717) is 18.7 Å². The van der Waals surface area contributed by atoms with Crippen LogP contribution in [0.4, 0.5) is 0 Å². The molecule has 0 aliphatic rings. The Hall–Kier alpha value is 0.690. The van der Waals surface area contributed by atoms with Gasteiger partial charge in [-0.3, -0.25) is 4.21 Å². The molecule has 2 unspecified atom stereocenters. The molecule has 0 aliphatic carbocycles. The molecule has 0 aromatic heterocycles. The molecule has 0 heterocycles. The molecule has 0 aromatic rings. The van der Waals surface area contributed by atoms with Crippen molar-refractivity contribution in [2.24, 2.45) is 0 Å². The molecule has 0 spiro atoms. The molecule has 0 bridgehead atoms. The Bertz CT molecular complexity index is 98.6. The largest absolute Gasteiger partial charge is 0.771 e. The zero-order valence-electron chi connectivity index (χ0n) is 4.68. The molecule has 0 aliphatic heterocycles. The summed E-state index contributed by atoms with van der Waals surface area (Å²) in [6.45, 7) is 0. The second-order valence-electron chi connectivity index (χ2n) is 1.50. The van der Waals surface area contributed by atoms with Crippen molar-refractivity contribution in [1.29, 1.82) is 0 Å². The van der Waals surface area contributed by atoms with Gasteiger partial charge in [-0.1, -0.05) is 0 Å². The lowest BCUT2D eigenvalue weighted by Gasteiger charge is -2.10. The summed E-state index contributed by atoms with van der Waals surface area (Å²) in [6.07, 6.45) is 1.07. The highest BCUT2D eigenvalue weighted by atomic mass is 35.5. The highest BCUT2D eigenvalue weighted by Crippen LogP contribution is 2.08. The van der Waals surface area contributed by atoms with Crippen LogP contribution in [0.1, 0.15) is 12.8 Å². The van der Waals surface area contributed by atoms with Crippen LogP contribution in [-0.4, -0.2) is 19.4 Å². The molecular weight excluding hydrogens is 183 g/mol. The molecular formula is C4H7Cl2O2S-. The third-order valence-electron chi connectivity index (χ3n) is 0.774. The topological polar surface area (TPSA) is 40.1 Å². The summed E-state index contributed by atoms with van der Waals surface area (Å²) in [5.74, 6) is 0.459. The average Bonchev–Trinajstić information content (AvgIpc) is 1.82. The summed E-state index contributed by atoms with van der Waals surface area (Å²) in [4.78, 5) is 0. The highest BCUT2D eigenvalue weighted by Gasteiger charge is 2.01. The van der Waals surface area contributed by atoms with Crippen LogP contribution < -0.4 is 0 Å². The average molecular weight is 190 g/mol. The van der Waals surface area contributed by atoms with E-state index in [9.17, 15) is 8.76 Å². The lowest BCUT2D eigenvalue weighted by molar-refractivity contribution is 0.530. The van der Waals surface area contributed by atoms with Gasteiger partial charge in [0.05, 0.1) is 4.71 Å². The monoisotopic (exact) mass is 189 g/mol. The molecule has 0 aromatic carbocycles. The third-order valence-corrected chi connectivity index (χ3v) is 2.35. The summed E-state index contributed by atoms with van der Waals surface area (Å²) in [6, 6.07) is 0. The molecule has 0 rings (SSSR count). The van der Waals surface area contributed by atoms with E-state index >= 15 is 0 Å². The van der Waals surface area contributed by atoms with E-state index < -0.39 is 15.8 Å². The standard InChI is InChI=1S/C4H8Cl2O2S/c5-3-1-2-4(6)9(7)8/h4H,1-3H2,(H,7,8)/p-1. The SMILES string of the molecule is O=S([O-])C(Cl)CCCCl. The summed E-state index contributed by atoms with van der Waals surface area (Å²) < 4.78 is 19.3. The van der Waals surface area contributed by atoms with Crippen molar-refractivity contribution in [3.63, 3.8) is 0 Å². The van der Waals surface area contributed by atoms with Gasteiger partial charge in [0.25, 0.3) is 0 Å². The van der Waals surface area contributed by atoms with E-state index in [4.69, 9.17) is 23.2 Å². The quantitative estimate of drug-likeness (QED) is 0.497. The van der Waals surface area contributed by atoms with Crippen LogP contribution >= 0.6 is 23.2 Å².